The van der Waals surface area contributed by atoms with Crippen molar-refractivity contribution in [2.45, 2.75) is 32.0 Å². The van der Waals surface area contributed by atoms with E-state index in [1.54, 1.807) is 29.2 Å². The smallest absolute Gasteiger partial charge is 0.321 e. The molecule has 0 bridgehead atoms. The number of anilines is 1. The van der Waals surface area contributed by atoms with E-state index in [1.165, 1.54) is 0 Å². The lowest BCUT2D eigenvalue weighted by atomic mass is 10.1. The minimum Gasteiger partial charge on any atom is -0.490 e. The average molecular weight is 517 g/mol. The zero-order valence-corrected chi connectivity index (χ0v) is 21.1. The maximum absolute atomic E-state index is 12.8. The van der Waals surface area contributed by atoms with Crippen LogP contribution in [0.15, 0.2) is 78.9 Å². The van der Waals surface area contributed by atoms with Gasteiger partial charge in [0.15, 0.2) is 0 Å². The summed E-state index contributed by atoms with van der Waals surface area (Å²) in [5.74, 6) is 0.726. The number of carbonyl (C=O) groups is 3. The summed E-state index contributed by atoms with van der Waals surface area (Å²) in [6, 6.07) is 24.0. The average Bonchev–Trinajstić information content (AvgIpc) is 2.93. The van der Waals surface area contributed by atoms with Crippen LogP contribution < -0.4 is 25.8 Å². The van der Waals surface area contributed by atoms with Crippen LogP contribution in [0.25, 0.3) is 0 Å². The molecule has 1 aliphatic rings. The molecular weight excluding hydrogens is 484 g/mol. The highest BCUT2D eigenvalue weighted by atomic mass is 16.5. The Hall–Kier alpha value is -4.53. The first kappa shape index (κ1) is 26.5. The van der Waals surface area contributed by atoms with E-state index in [0.717, 1.165) is 17.1 Å². The summed E-state index contributed by atoms with van der Waals surface area (Å²) in [6.45, 7) is 1.79. The van der Waals surface area contributed by atoms with Crippen LogP contribution in [0.3, 0.4) is 0 Å². The molecule has 4 amide bonds. The maximum Gasteiger partial charge on any atom is 0.321 e. The summed E-state index contributed by atoms with van der Waals surface area (Å²) in [6.07, 6.45) is 1.50. The first-order valence-electron chi connectivity index (χ1n) is 12.6. The van der Waals surface area contributed by atoms with Crippen molar-refractivity contribution in [2.24, 2.45) is 5.73 Å². The number of nitrogens with one attached hydrogen (secondary N) is 2. The Kier molecular flexibility index (Phi) is 9.17. The number of primary amides is 1. The van der Waals surface area contributed by atoms with Gasteiger partial charge < -0.3 is 30.7 Å². The van der Waals surface area contributed by atoms with Crippen molar-refractivity contribution in [1.29, 1.82) is 0 Å². The SMILES string of the molecule is NC(=O)CCNC(=O)c1cccc(NC(=O)N2CCC(Oc3ccc(OCc4ccccc4)cc3)CC2)c1. The van der Waals surface area contributed by atoms with E-state index in [2.05, 4.69) is 10.6 Å². The number of carbonyl (C=O) groups excluding carboxylic acids is 3. The first-order chi connectivity index (χ1) is 18.5. The van der Waals surface area contributed by atoms with Crippen LogP contribution in [0, 0.1) is 0 Å². The van der Waals surface area contributed by atoms with E-state index in [1.807, 2.05) is 54.6 Å². The zero-order chi connectivity index (χ0) is 26.7. The largest absolute Gasteiger partial charge is 0.490 e. The molecular formula is C29H32N4O5. The minimum absolute atomic E-state index is 0.0163. The highest BCUT2D eigenvalue weighted by Crippen LogP contribution is 2.23. The standard InChI is InChI=1S/C29H32N4O5/c30-27(34)13-16-31-28(35)22-7-4-8-23(19-22)32-29(36)33-17-14-26(15-18-33)38-25-11-9-24(10-12-25)37-20-21-5-2-1-3-6-21/h1-12,19,26H,13-18,20H2,(H2,30,34)(H,31,35)(H,32,36). The highest BCUT2D eigenvalue weighted by molar-refractivity contribution is 5.97. The molecule has 0 aliphatic carbocycles. The fourth-order valence-corrected chi connectivity index (χ4v) is 4.07. The van der Waals surface area contributed by atoms with Crippen molar-refractivity contribution < 1.29 is 23.9 Å². The van der Waals surface area contributed by atoms with Gasteiger partial charge in [-0.1, -0.05) is 36.4 Å². The predicted octanol–water partition coefficient (Wildman–Crippen LogP) is 3.95. The molecule has 3 aromatic rings. The summed E-state index contributed by atoms with van der Waals surface area (Å²) in [5, 5.41) is 5.49. The van der Waals surface area contributed by atoms with Crippen molar-refractivity contribution in [3.8, 4) is 11.5 Å². The van der Waals surface area contributed by atoms with Crippen LogP contribution in [-0.2, 0) is 11.4 Å². The predicted molar refractivity (Wildman–Crippen MR) is 144 cm³/mol. The van der Waals surface area contributed by atoms with Gasteiger partial charge in [0.25, 0.3) is 5.91 Å². The number of nitrogens with zero attached hydrogens (tertiary/aromatic N) is 1. The van der Waals surface area contributed by atoms with Crippen molar-refractivity contribution in [1.82, 2.24) is 10.2 Å². The molecule has 0 spiro atoms. The molecule has 0 radical (unpaired) electrons. The summed E-state index contributed by atoms with van der Waals surface area (Å²) >= 11 is 0. The highest BCUT2D eigenvalue weighted by Gasteiger charge is 2.24. The lowest BCUT2D eigenvalue weighted by molar-refractivity contribution is -0.117. The molecule has 0 unspecified atom stereocenters. The van der Waals surface area contributed by atoms with Gasteiger partial charge in [-0.2, -0.15) is 0 Å². The van der Waals surface area contributed by atoms with E-state index < -0.39 is 5.91 Å². The monoisotopic (exact) mass is 516 g/mol. The number of benzene rings is 3. The Morgan fingerprint density at radius 1 is 0.895 bits per heavy atom. The third-order valence-corrected chi connectivity index (χ3v) is 6.14. The topological polar surface area (TPSA) is 123 Å². The molecule has 198 valence electrons. The van der Waals surface area contributed by atoms with Crippen molar-refractivity contribution in [3.63, 3.8) is 0 Å². The van der Waals surface area contributed by atoms with Crippen molar-refractivity contribution in [2.75, 3.05) is 25.0 Å². The molecule has 0 saturated carbocycles. The molecule has 1 aliphatic heterocycles. The number of urea groups is 1. The second-order valence-electron chi connectivity index (χ2n) is 9.03. The summed E-state index contributed by atoms with van der Waals surface area (Å²) in [7, 11) is 0. The molecule has 1 fully saturated rings. The third-order valence-electron chi connectivity index (χ3n) is 6.14. The van der Waals surface area contributed by atoms with Gasteiger partial charge >= 0.3 is 6.03 Å². The minimum atomic E-state index is -0.484. The maximum atomic E-state index is 12.8. The van der Waals surface area contributed by atoms with Gasteiger partial charge in [0.2, 0.25) is 5.91 Å². The molecule has 0 atom stereocenters. The molecule has 38 heavy (non-hydrogen) atoms. The van der Waals surface area contributed by atoms with Gasteiger partial charge in [-0.3, -0.25) is 9.59 Å². The van der Waals surface area contributed by atoms with Crippen LogP contribution in [0.2, 0.25) is 0 Å². The van der Waals surface area contributed by atoms with E-state index >= 15 is 0 Å². The lowest BCUT2D eigenvalue weighted by Gasteiger charge is -2.32. The van der Waals surface area contributed by atoms with Gasteiger partial charge in [-0.25, -0.2) is 4.79 Å². The Balaban J connectivity index is 1.20. The lowest BCUT2D eigenvalue weighted by Crippen LogP contribution is -2.43. The van der Waals surface area contributed by atoms with Crippen molar-refractivity contribution >= 4 is 23.5 Å². The normalized spacial score (nSPS) is 13.4. The molecule has 4 N–H and O–H groups in total. The molecule has 9 heteroatoms. The number of ether oxygens (including phenoxy) is 2. The molecule has 9 nitrogen and oxygen atoms in total. The molecule has 3 aromatic carbocycles. The number of likely N-dealkylation sites (tertiary alicyclic amines) is 1. The van der Waals surface area contributed by atoms with Crippen LogP contribution in [0.5, 0.6) is 11.5 Å². The van der Waals surface area contributed by atoms with E-state index in [4.69, 9.17) is 15.2 Å². The van der Waals surface area contributed by atoms with Gasteiger partial charge in [0.1, 0.15) is 24.2 Å². The van der Waals surface area contributed by atoms with Crippen molar-refractivity contribution in [3.05, 3.63) is 90.0 Å². The van der Waals surface area contributed by atoms with Gasteiger partial charge in [0.05, 0.1) is 0 Å². The fraction of sp³-hybridized carbons (Fsp3) is 0.276. The number of amides is 4. The van der Waals surface area contributed by atoms with Gasteiger partial charge in [-0.15, -0.1) is 0 Å². The second kappa shape index (κ2) is 13.1. The van der Waals surface area contributed by atoms with Crippen LogP contribution in [0.4, 0.5) is 10.5 Å². The number of hydrogen-bond acceptors (Lipinski definition) is 5. The van der Waals surface area contributed by atoms with E-state index in [-0.39, 0.29) is 31.0 Å². The molecule has 0 aromatic heterocycles. The van der Waals surface area contributed by atoms with Crippen LogP contribution >= 0.6 is 0 Å². The van der Waals surface area contributed by atoms with Gasteiger partial charge in [0, 0.05) is 50.1 Å². The van der Waals surface area contributed by atoms with Gasteiger partial charge in [-0.05, 0) is 48.0 Å². The van der Waals surface area contributed by atoms with E-state index in [0.29, 0.717) is 43.8 Å². The van der Waals surface area contributed by atoms with E-state index in [9.17, 15) is 14.4 Å². The Bertz CT molecular complexity index is 1230. The Labute approximate surface area is 221 Å². The third kappa shape index (κ3) is 7.99. The molecule has 1 saturated heterocycles. The number of hydrogen-bond donors (Lipinski definition) is 3. The summed E-state index contributed by atoms with van der Waals surface area (Å²) in [5.41, 5.74) is 7.11. The van der Waals surface area contributed by atoms with Crippen LogP contribution in [0.1, 0.15) is 35.2 Å². The number of piperidine rings is 1. The first-order valence-corrected chi connectivity index (χ1v) is 12.6. The molecule has 1 heterocycles. The second-order valence-corrected chi connectivity index (χ2v) is 9.03. The molecule has 4 rings (SSSR count). The number of rotatable bonds is 10. The Morgan fingerprint density at radius 3 is 2.32 bits per heavy atom. The fourth-order valence-electron chi connectivity index (χ4n) is 4.07. The Morgan fingerprint density at radius 2 is 1.61 bits per heavy atom. The number of nitrogens with two attached hydrogens (primary N) is 1. The zero-order valence-electron chi connectivity index (χ0n) is 21.1. The van der Waals surface area contributed by atoms with Crippen LogP contribution in [-0.4, -0.2) is 48.5 Å². The summed E-state index contributed by atoms with van der Waals surface area (Å²) < 4.78 is 11.9. The quantitative estimate of drug-likeness (QED) is 0.377. The summed E-state index contributed by atoms with van der Waals surface area (Å²) in [4.78, 5) is 37.6.